The Bertz CT molecular complexity index is 420. The SMILES string of the molecule is CCC(CC)(CNCC(C)C)Cc1c(C)nn(C)c1Cl. The van der Waals surface area contributed by atoms with Gasteiger partial charge in [-0.2, -0.15) is 5.10 Å². The minimum atomic E-state index is 0.270. The van der Waals surface area contributed by atoms with E-state index in [9.17, 15) is 0 Å². The Morgan fingerprint density at radius 2 is 1.90 bits per heavy atom. The van der Waals surface area contributed by atoms with Gasteiger partial charge in [-0.15, -0.1) is 0 Å². The lowest BCUT2D eigenvalue weighted by atomic mass is 9.77. The van der Waals surface area contributed by atoms with Crippen LogP contribution in [0.2, 0.25) is 5.15 Å². The van der Waals surface area contributed by atoms with Crippen molar-refractivity contribution in [3.8, 4) is 0 Å². The molecule has 0 spiro atoms. The first-order valence-electron chi connectivity index (χ1n) is 7.74. The number of hydrogen-bond acceptors (Lipinski definition) is 2. The number of aryl methyl sites for hydroxylation is 2. The average Bonchev–Trinajstić information content (AvgIpc) is 2.63. The lowest BCUT2D eigenvalue weighted by Crippen LogP contribution is -2.37. The van der Waals surface area contributed by atoms with Crippen LogP contribution in [0.1, 0.15) is 51.8 Å². The van der Waals surface area contributed by atoms with Gasteiger partial charge in [-0.1, -0.05) is 39.3 Å². The van der Waals surface area contributed by atoms with Gasteiger partial charge in [-0.05, 0) is 44.1 Å². The van der Waals surface area contributed by atoms with Crippen molar-refractivity contribution in [3.05, 3.63) is 16.4 Å². The van der Waals surface area contributed by atoms with Crippen LogP contribution in [-0.2, 0) is 13.5 Å². The molecule has 20 heavy (non-hydrogen) atoms. The number of aromatic nitrogens is 2. The minimum absolute atomic E-state index is 0.270. The van der Waals surface area contributed by atoms with Gasteiger partial charge in [0.25, 0.3) is 0 Å². The molecule has 1 N–H and O–H groups in total. The molecule has 0 aliphatic heterocycles. The molecule has 0 atom stereocenters. The number of hydrogen-bond donors (Lipinski definition) is 1. The molecule has 0 aliphatic rings. The Balaban J connectivity index is 2.85. The predicted molar refractivity (Wildman–Crippen MR) is 87.4 cm³/mol. The molecule has 0 bridgehead atoms. The maximum Gasteiger partial charge on any atom is 0.130 e. The molecule has 3 nitrogen and oxygen atoms in total. The fraction of sp³-hybridized carbons (Fsp3) is 0.812. The monoisotopic (exact) mass is 299 g/mol. The normalized spacial score (nSPS) is 12.4. The summed E-state index contributed by atoms with van der Waals surface area (Å²) < 4.78 is 1.78. The van der Waals surface area contributed by atoms with Crippen LogP contribution in [0.25, 0.3) is 0 Å². The van der Waals surface area contributed by atoms with Crippen LogP contribution in [0.3, 0.4) is 0 Å². The van der Waals surface area contributed by atoms with E-state index in [2.05, 4.69) is 45.0 Å². The largest absolute Gasteiger partial charge is 0.316 e. The van der Waals surface area contributed by atoms with E-state index in [4.69, 9.17) is 11.6 Å². The van der Waals surface area contributed by atoms with Gasteiger partial charge >= 0.3 is 0 Å². The molecule has 1 heterocycles. The zero-order valence-electron chi connectivity index (χ0n) is 13.9. The van der Waals surface area contributed by atoms with Crippen molar-refractivity contribution in [3.63, 3.8) is 0 Å². The first-order valence-corrected chi connectivity index (χ1v) is 8.11. The Kier molecular flexibility index (Phi) is 6.53. The van der Waals surface area contributed by atoms with Crippen molar-refractivity contribution < 1.29 is 0 Å². The van der Waals surface area contributed by atoms with E-state index in [0.717, 1.165) is 43.2 Å². The van der Waals surface area contributed by atoms with Gasteiger partial charge in [0.05, 0.1) is 5.69 Å². The van der Waals surface area contributed by atoms with Crippen molar-refractivity contribution in [2.24, 2.45) is 18.4 Å². The summed E-state index contributed by atoms with van der Waals surface area (Å²) in [5.74, 6) is 0.685. The van der Waals surface area contributed by atoms with E-state index in [1.54, 1.807) is 4.68 Å². The molecular weight excluding hydrogens is 270 g/mol. The van der Waals surface area contributed by atoms with Gasteiger partial charge in [0.1, 0.15) is 5.15 Å². The van der Waals surface area contributed by atoms with E-state index in [-0.39, 0.29) is 5.41 Å². The topological polar surface area (TPSA) is 29.9 Å². The number of halogens is 1. The van der Waals surface area contributed by atoms with Gasteiger partial charge in [-0.25, -0.2) is 0 Å². The summed E-state index contributed by atoms with van der Waals surface area (Å²) in [6, 6.07) is 0. The fourth-order valence-electron chi connectivity index (χ4n) is 2.69. The summed E-state index contributed by atoms with van der Waals surface area (Å²) in [7, 11) is 1.91. The third kappa shape index (κ3) is 4.23. The summed E-state index contributed by atoms with van der Waals surface area (Å²) in [6.07, 6.45) is 3.31. The lowest BCUT2D eigenvalue weighted by Gasteiger charge is -2.32. The Hall–Kier alpha value is -0.540. The zero-order valence-corrected chi connectivity index (χ0v) is 14.6. The van der Waals surface area contributed by atoms with Crippen LogP contribution in [0, 0.1) is 18.3 Å². The second-order valence-corrected chi connectivity index (χ2v) is 6.75. The van der Waals surface area contributed by atoms with E-state index < -0.39 is 0 Å². The van der Waals surface area contributed by atoms with Crippen LogP contribution >= 0.6 is 11.6 Å². The number of nitrogens with one attached hydrogen (secondary N) is 1. The van der Waals surface area contributed by atoms with Gasteiger partial charge in [0.15, 0.2) is 0 Å². The molecule has 0 aliphatic carbocycles. The molecule has 1 aromatic rings. The fourth-order valence-corrected chi connectivity index (χ4v) is 2.93. The molecule has 1 aromatic heterocycles. The predicted octanol–water partition coefficient (Wildman–Crippen LogP) is 3.98. The molecule has 4 heteroatoms. The highest BCUT2D eigenvalue weighted by Crippen LogP contribution is 2.34. The van der Waals surface area contributed by atoms with Crippen molar-refractivity contribution in [1.29, 1.82) is 0 Å². The smallest absolute Gasteiger partial charge is 0.130 e. The van der Waals surface area contributed by atoms with Crippen LogP contribution in [0.4, 0.5) is 0 Å². The van der Waals surface area contributed by atoms with Gasteiger partial charge in [0, 0.05) is 19.2 Å². The third-order valence-corrected chi connectivity index (χ3v) is 4.85. The van der Waals surface area contributed by atoms with Crippen LogP contribution in [0.15, 0.2) is 0 Å². The van der Waals surface area contributed by atoms with Gasteiger partial charge in [-0.3, -0.25) is 4.68 Å². The first-order chi connectivity index (χ1) is 9.35. The van der Waals surface area contributed by atoms with Gasteiger partial charge < -0.3 is 5.32 Å². The second-order valence-electron chi connectivity index (χ2n) is 6.39. The van der Waals surface area contributed by atoms with Crippen molar-refractivity contribution in [2.45, 2.75) is 53.9 Å². The van der Waals surface area contributed by atoms with E-state index in [1.807, 2.05) is 7.05 Å². The Labute approximate surface area is 129 Å². The maximum absolute atomic E-state index is 6.40. The summed E-state index contributed by atoms with van der Waals surface area (Å²) in [6.45, 7) is 13.2. The third-order valence-electron chi connectivity index (χ3n) is 4.37. The van der Waals surface area contributed by atoms with Crippen molar-refractivity contribution >= 4 is 11.6 Å². The molecule has 0 unspecified atom stereocenters. The summed E-state index contributed by atoms with van der Waals surface area (Å²) in [5.41, 5.74) is 2.55. The lowest BCUT2D eigenvalue weighted by molar-refractivity contribution is 0.242. The van der Waals surface area contributed by atoms with E-state index in [1.165, 1.54) is 5.56 Å². The second kappa shape index (κ2) is 7.46. The molecule has 0 aromatic carbocycles. The molecular formula is C16H30ClN3. The molecule has 0 saturated heterocycles. The highest BCUT2D eigenvalue weighted by atomic mass is 35.5. The maximum atomic E-state index is 6.40. The van der Waals surface area contributed by atoms with Crippen LogP contribution in [0.5, 0.6) is 0 Å². The molecule has 116 valence electrons. The summed E-state index contributed by atoms with van der Waals surface area (Å²) >= 11 is 6.40. The standard InChI is InChI=1S/C16H30ClN3/c1-7-16(8-2,11-18-10-12(3)4)9-14-13(5)19-20(6)15(14)17/h12,18H,7-11H2,1-6H3. The highest BCUT2D eigenvalue weighted by Gasteiger charge is 2.29. The molecule has 0 saturated carbocycles. The van der Waals surface area contributed by atoms with Crippen LogP contribution in [-0.4, -0.2) is 22.9 Å². The number of rotatable bonds is 8. The first kappa shape index (κ1) is 17.5. The molecule has 1 rings (SSSR count). The molecule has 0 fully saturated rings. The van der Waals surface area contributed by atoms with Gasteiger partial charge in [0.2, 0.25) is 0 Å². The van der Waals surface area contributed by atoms with E-state index in [0.29, 0.717) is 5.92 Å². The average molecular weight is 300 g/mol. The molecule has 0 amide bonds. The quantitative estimate of drug-likeness (QED) is 0.787. The minimum Gasteiger partial charge on any atom is -0.316 e. The number of nitrogens with zero attached hydrogens (tertiary/aromatic N) is 2. The Morgan fingerprint density at radius 3 is 2.30 bits per heavy atom. The summed E-state index contributed by atoms with van der Waals surface area (Å²) in [5, 5.41) is 8.85. The summed E-state index contributed by atoms with van der Waals surface area (Å²) in [4.78, 5) is 0. The van der Waals surface area contributed by atoms with Crippen molar-refractivity contribution in [2.75, 3.05) is 13.1 Å². The molecule has 0 radical (unpaired) electrons. The zero-order chi connectivity index (χ0) is 15.3. The van der Waals surface area contributed by atoms with E-state index >= 15 is 0 Å². The Morgan fingerprint density at radius 1 is 1.30 bits per heavy atom. The highest BCUT2D eigenvalue weighted by molar-refractivity contribution is 6.30. The van der Waals surface area contributed by atoms with Crippen LogP contribution < -0.4 is 5.32 Å². The van der Waals surface area contributed by atoms with Crippen molar-refractivity contribution in [1.82, 2.24) is 15.1 Å².